The quantitative estimate of drug-likeness (QED) is 0.791. The smallest absolute Gasteiger partial charge is 0.226 e. The van der Waals surface area contributed by atoms with Crippen LogP contribution in [-0.4, -0.2) is 16.6 Å². The van der Waals surface area contributed by atoms with Crippen LogP contribution in [0.4, 0.5) is 4.39 Å². The second kappa shape index (κ2) is 6.36. The summed E-state index contributed by atoms with van der Waals surface area (Å²) in [6, 6.07) is 7.56. The van der Waals surface area contributed by atoms with Crippen LogP contribution in [0.5, 0.6) is 17.5 Å². The largest absolute Gasteiger partial charge is 0.464 e. The number of aromatic nitrogens is 2. The lowest BCUT2D eigenvalue weighted by molar-refractivity contribution is 0.348. The molecule has 0 amide bonds. The van der Waals surface area contributed by atoms with Crippen molar-refractivity contribution in [1.29, 1.82) is 0 Å². The Kier molecular flexibility index (Phi) is 4.29. The Labute approximate surface area is 110 Å². The molecule has 0 atom stereocenters. The second-order valence-corrected chi connectivity index (χ2v) is 3.44. The number of halogens is 1. The van der Waals surface area contributed by atoms with Crippen LogP contribution < -0.4 is 9.47 Å². The molecule has 0 spiro atoms. The number of ether oxygens (including phenoxy) is 2. The fourth-order valence-electron chi connectivity index (χ4n) is 1.28. The molecule has 0 bridgehead atoms. The van der Waals surface area contributed by atoms with Crippen LogP contribution in [0.15, 0.2) is 36.7 Å². The number of hydrogen-bond donors (Lipinski definition) is 0. The first kappa shape index (κ1) is 12.8. The highest BCUT2D eigenvalue weighted by atomic mass is 19.1. The van der Waals surface area contributed by atoms with Crippen molar-refractivity contribution in [1.82, 2.24) is 9.97 Å². The van der Waals surface area contributed by atoms with E-state index in [0.717, 1.165) is 0 Å². The number of hydrogen-bond acceptors (Lipinski definition) is 4. The maximum Gasteiger partial charge on any atom is 0.226 e. The molecule has 1 aromatic heterocycles. The van der Waals surface area contributed by atoms with Gasteiger partial charge in [0.1, 0.15) is 6.33 Å². The molecule has 0 aliphatic carbocycles. The zero-order valence-corrected chi connectivity index (χ0v) is 10.3. The molecule has 0 saturated carbocycles. The Morgan fingerprint density at radius 1 is 1.21 bits per heavy atom. The van der Waals surface area contributed by atoms with Crippen molar-refractivity contribution in [2.45, 2.75) is 6.92 Å². The minimum Gasteiger partial charge on any atom is -0.464 e. The number of rotatable bonds is 4. The molecule has 2 rings (SSSR count). The van der Waals surface area contributed by atoms with Crippen LogP contribution in [0.1, 0.15) is 6.92 Å². The Balaban J connectivity index is 2.10. The van der Waals surface area contributed by atoms with Gasteiger partial charge in [-0.1, -0.05) is 18.1 Å². The molecular weight excluding hydrogens is 247 g/mol. The van der Waals surface area contributed by atoms with Crippen LogP contribution >= 0.6 is 0 Å². The minimum atomic E-state index is -0.458. The van der Waals surface area contributed by atoms with E-state index in [4.69, 9.17) is 9.47 Å². The minimum absolute atomic E-state index is 0.0977. The summed E-state index contributed by atoms with van der Waals surface area (Å²) in [5, 5.41) is 0. The van der Waals surface area contributed by atoms with Gasteiger partial charge in [0.25, 0.3) is 0 Å². The molecule has 0 aliphatic heterocycles. The number of nitrogens with zero attached hydrogens (tertiary/aromatic N) is 2. The van der Waals surface area contributed by atoms with E-state index < -0.39 is 5.82 Å². The summed E-state index contributed by atoms with van der Waals surface area (Å²) in [5.41, 5.74) is 0. The molecule has 1 aromatic carbocycles. The summed E-state index contributed by atoms with van der Waals surface area (Å²) >= 11 is 0. The van der Waals surface area contributed by atoms with Crippen molar-refractivity contribution in [3.63, 3.8) is 0 Å². The van der Waals surface area contributed by atoms with Gasteiger partial charge in [-0.05, 0) is 19.1 Å². The fraction of sp³-hybridized carbons (Fsp3) is 0.143. The Morgan fingerprint density at radius 3 is 2.79 bits per heavy atom. The van der Waals surface area contributed by atoms with Crippen molar-refractivity contribution in [3.8, 4) is 29.4 Å². The second-order valence-electron chi connectivity index (χ2n) is 3.44. The van der Waals surface area contributed by atoms with Gasteiger partial charge in [0.15, 0.2) is 18.2 Å². The molecule has 96 valence electrons. The van der Waals surface area contributed by atoms with Gasteiger partial charge in [0.05, 0.1) is 6.07 Å². The van der Waals surface area contributed by atoms with Gasteiger partial charge in [-0.25, -0.2) is 14.4 Å². The summed E-state index contributed by atoms with van der Waals surface area (Å²) in [7, 11) is 0. The molecule has 0 unspecified atom stereocenters. The number of para-hydroxylation sites is 1. The van der Waals surface area contributed by atoms with E-state index in [1.165, 1.54) is 24.5 Å². The zero-order chi connectivity index (χ0) is 13.5. The van der Waals surface area contributed by atoms with Crippen molar-refractivity contribution < 1.29 is 13.9 Å². The third-order valence-corrected chi connectivity index (χ3v) is 2.14. The lowest BCUT2D eigenvalue weighted by atomic mass is 10.3. The van der Waals surface area contributed by atoms with Crippen molar-refractivity contribution in [2.24, 2.45) is 0 Å². The van der Waals surface area contributed by atoms with Gasteiger partial charge < -0.3 is 9.47 Å². The monoisotopic (exact) mass is 258 g/mol. The van der Waals surface area contributed by atoms with Gasteiger partial charge in [0, 0.05) is 0 Å². The Hall–Kier alpha value is -2.61. The Bertz CT molecular complexity index is 620. The first-order valence-corrected chi connectivity index (χ1v) is 5.56. The molecule has 0 aliphatic rings. The SMILES string of the molecule is CC#CCOc1cc(Oc2ccccc2F)ncn1. The van der Waals surface area contributed by atoms with Gasteiger partial charge in [0.2, 0.25) is 11.8 Å². The molecular formula is C14H11FN2O2. The maximum atomic E-state index is 13.4. The highest BCUT2D eigenvalue weighted by molar-refractivity contribution is 5.29. The van der Waals surface area contributed by atoms with E-state index in [1.54, 1.807) is 19.1 Å². The van der Waals surface area contributed by atoms with Gasteiger partial charge >= 0.3 is 0 Å². The van der Waals surface area contributed by atoms with Crippen LogP contribution in [0.25, 0.3) is 0 Å². The predicted octanol–water partition coefficient (Wildman–Crippen LogP) is 2.81. The van der Waals surface area contributed by atoms with E-state index in [9.17, 15) is 4.39 Å². The van der Waals surface area contributed by atoms with Crippen molar-refractivity contribution in [2.75, 3.05) is 6.61 Å². The lowest BCUT2D eigenvalue weighted by Gasteiger charge is -2.06. The molecule has 2 aromatic rings. The molecule has 0 saturated heterocycles. The average Bonchev–Trinajstić information content (AvgIpc) is 2.42. The van der Waals surface area contributed by atoms with E-state index in [0.29, 0.717) is 5.88 Å². The summed E-state index contributed by atoms with van der Waals surface area (Å²) in [4.78, 5) is 7.79. The van der Waals surface area contributed by atoms with E-state index in [1.807, 2.05) is 0 Å². The molecule has 4 nitrogen and oxygen atoms in total. The highest BCUT2D eigenvalue weighted by Gasteiger charge is 2.06. The zero-order valence-electron chi connectivity index (χ0n) is 10.3. The third-order valence-electron chi connectivity index (χ3n) is 2.14. The van der Waals surface area contributed by atoms with Crippen LogP contribution in [0.3, 0.4) is 0 Å². The maximum absolute atomic E-state index is 13.4. The third kappa shape index (κ3) is 3.68. The number of benzene rings is 1. The first-order chi connectivity index (χ1) is 9.29. The molecule has 19 heavy (non-hydrogen) atoms. The van der Waals surface area contributed by atoms with Gasteiger partial charge in [-0.15, -0.1) is 5.92 Å². The molecule has 0 fully saturated rings. The molecule has 1 heterocycles. The van der Waals surface area contributed by atoms with Crippen LogP contribution in [-0.2, 0) is 0 Å². The van der Waals surface area contributed by atoms with Gasteiger partial charge in [-0.2, -0.15) is 0 Å². The van der Waals surface area contributed by atoms with Gasteiger partial charge in [-0.3, -0.25) is 0 Å². The first-order valence-electron chi connectivity index (χ1n) is 5.56. The average molecular weight is 258 g/mol. The molecule has 5 heteroatoms. The van der Waals surface area contributed by atoms with E-state index in [2.05, 4.69) is 21.8 Å². The predicted molar refractivity (Wildman–Crippen MR) is 67.5 cm³/mol. The fourth-order valence-corrected chi connectivity index (χ4v) is 1.28. The lowest BCUT2D eigenvalue weighted by Crippen LogP contribution is -1.98. The summed E-state index contributed by atoms with van der Waals surface area (Å²) in [6.45, 7) is 1.95. The summed E-state index contributed by atoms with van der Waals surface area (Å²) in [6.07, 6.45) is 1.28. The summed E-state index contributed by atoms with van der Waals surface area (Å²) in [5.74, 6) is 5.61. The normalized spacial score (nSPS) is 9.37. The molecule has 0 N–H and O–H groups in total. The van der Waals surface area contributed by atoms with E-state index >= 15 is 0 Å². The standard InChI is InChI=1S/C14H11FN2O2/c1-2-3-8-18-13-9-14(17-10-16-13)19-12-7-5-4-6-11(12)15/h4-7,9-10H,8H2,1H3. The van der Waals surface area contributed by atoms with Crippen LogP contribution in [0.2, 0.25) is 0 Å². The summed E-state index contributed by atoms with van der Waals surface area (Å²) < 4.78 is 24.0. The highest BCUT2D eigenvalue weighted by Crippen LogP contribution is 2.23. The van der Waals surface area contributed by atoms with Crippen molar-refractivity contribution in [3.05, 3.63) is 42.5 Å². The Morgan fingerprint density at radius 2 is 2.00 bits per heavy atom. The van der Waals surface area contributed by atoms with Crippen LogP contribution in [0, 0.1) is 17.7 Å². The topological polar surface area (TPSA) is 44.2 Å². The van der Waals surface area contributed by atoms with E-state index in [-0.39, 0.29) is 18.2 Å². The molecule has 0 radical (unpaired) electrons. The van der Waals surface area contributed by atoms with Crippen molar-refractivity contribution >= 4 is 0 Å².